The Labute approximate surface area is 156 Å². The first-order valence-electron chi connectivity index (χ1n) is 8.95. The average Bonchev–Trinajstić information content (AvgIpc) is 2.52. The van der Waals surface area contributed by atoms with Crippen molar-refractivity contribution in [3.63, 3.8) is 0 Å². The first-order chi connectivity index (χ1) is 11.9. The minimum atomic E-state index is -0.755. The summed E-state index contributed by atoms with van der Waals surface area (Å²) in [4.78, 5) is 26.2. The fourth-order valence-corrected chi connectivity index (χ4v) is 3.08. The maximum atomic E-state index is 12.7. The molecule has 4 N–H and O–H groups in total. The Morgan fingerprint density at radius 2 is 1.85 bits per heavy atom. The van der Waals surface area contributed by atoms with E-state index in [0.717, 1.165) is 11.1 Å². The monoisotopic (exact) mass is 363 g/mol. The van der Waals surface area contributed by atoms with Gasteiger partial charge in [0.1, 0.15) is 11.8 Å². The van der Waals surface area contributed by atoms with Crippen molar-refractivity contribution in [1.82, 2.24) is 10.2 Å². The molecule has 0 aliphatic heterocycles. The van der Waals surface area contributed by atoms with Gasteiger partial charge in [0.05, 0.1) is 6.04 Å². The van der Waals surface area contributed by atoms with Crippen LogP contribution in [0.25, 0.3) is 0 Å². The predicted octanol–water partition coefficient (Wildman–Crippen LogP) is 1.79. The maximum absolute atomic E-state index is 12.7. The summed E-state index contributed by atoms with van der Waals surface area (Å²) >= 11 is 0. The van der Waals surface area contributed by atoms with Gasteiger partial charge in [0.2, 0.25) is 11.8 Å². The molecule has 0 aliphatic carbocycles. The van der Waals surface area contributed by atoms with E-state index in [1.54, 1.807) is 26.2 Å². The van der Waals surface area contributed by atoms with Crippen molar-refractivity contribution in [2.75, 3.05) is 14.1 Å². The Balaban J connectivity index is 3.13. The van der Waals surface area contributed by atoms with Crippen LogP contribution in [-0.2, 0) is 21.4 Å². The number of primary amides is 1. The average molecular weight is 364 g/mol. The lowest BCUT2D eigenvalue weighted by Gasteiger charge is -2.31. The Hall–Kier alpha value is -2.08. The number of nitrogens with two attached hydrogens (primary N) is 1. The van der Waals surface area contributed by atoms with E-state index >= 15 is 0 Å². The molecule has 0 aliphatic rings. The summed E-state index contributed by atoms with van der Waals surface area (Å²) < 4.78 is 0. The lowest BCUT2D eigenvalue weighted by molar-refractivity contribution is -0.140. The molecule has 1 aromatic rings. The van der Waals surface area contributed by atoms with E-state index in [1.807, 2.05) is 40.7 Å². The first kappa shape index (κ1) is 22.0. The van der Waals surface area contributed by atoms with Crippen LogP contribution in [0.4, 0.5) is 0 Å². The molecule has 0 saturated heterocycles. The van der Waals surface area contributed by atoms with E-state index in [9.17, 15) is 14.7 Å². The topological polar surface area (TPSA) is 95.7 Å². The third-order valence-corrected chi connectivity index (χ3v) is 4.69. The predicted molar refractivity (Wildman–Crippen MR) is 104 cm³/mol. The highest BCUT2D eigenvalue weighted by molar-refractivity contribution is 5.89. The SMILES string of the molecule is CN[C@H](C(=O)N(C)[C@@H](Cc1ccc(O)c(C(C)(C)C)c1)C(N)=O)C(C)C. The molecular formula is C20H33N3O3. The second-order valence-electron chi connectivity index (χ2n) is 8.18. The third kappa shape index (κ3) is 5.21. The van der Waals surface area contributed by atoms with Crippen LogP contribution >= 0.6 is 0 Å². The number of carbonyl (C=O) groups is 2. The number of carbonyl (C=O) groups excluding carboxylic acids is 2. The van der Waals surface area contributed by atoms with Crippen molar-refractivity contribution in [2.45, 2.75) is 58.5 Å². The van der Waals surface area contributed by atoms with Crippen molar-refractivity contribution in [1.29, 1.82) is 0 Å². The van der Waals surface area contributed by atoms with Crippen LogP contribution in [0.3, 0.4) is 0 Å². The van der Waals surface area contributed by atoms with E-state index in [1.165, 1.54) is 4.90 Å². The Kier molecular flexibility index (Phi) is 7.21. The van der Waals surface area contributed by atoms with Crippen molar-refractivity contribution < 1.29 is 14.7 Å². The van der Waals surface area contributed by atoms with Gasteiger partial charge in [-0.15, -0.1) is 0 Å². The standard InChI is InChI=1S/C20H33N3O3/c1-12(2)17(22-6)19(26)23(7)15(18(21)25)11-13-8-9-16(24)14(10-13)20(3,4)5/h8-10,12,15,17,22,24H,11H2,1-7H3,(H2,21,25)/t15-,17-/m0/s1. The minimum Gasteiger partial charge on any atom is -0.508 e. The van der Waals surface area contributed by atoms with E-state index in [2.05, 4.69) is 5.32 Å². The number of hydrogen-bond donors (Lipinski definition) is 3. The van der Waals surface area contributed by atoms with E-state index in [-0.39, 0.29) is 29.0 Å². The van der Waals surface area contributed by atoms with Crippen LogP contribution in [0.15, 0.2) is 18.2 Å². The summed E-state index contributed by atoms with van der Waals surface area (Å²) in [6.07, 6.45) is 0.301. The van der Waals surface area contributed by atoms with Crippen LogP contribution in [-0.4, -0.2) is 48.0 Å². The van der Waals surface area contributed by atoms with Gasteiger partial charge in [0.15, 0.2) is 0 Å². The highest BCUT2D eigenvalue weighted by Crippen LogP contribution is 2.31. The molecule has 0 aromatic heterocycles. The van der Waals surface area contributed by atoms with Crippen molar-refractivity contribution >= 4 is 11.8 Å². The van der Waals surface area contributed by atoms with Gasteiger partial charge in [-0.2, -0.15) is 0 Å². The van der Waals surface area contributed by atoms with Crippen molar-refractivity contribution in [3.05, 3.63) is 29.3 Å². The summed E-state index contributed by atoms with van der Waals surface area (Å²) in [5.74, 6) is -0.410. The molecule has 1 aromatic carbocycles. The second kappa shape index (κ2) is 8.54. The summed E-state index contributed by atoms with van der Waals surface area (Å²) in [7, 11) is 3.33. The summed E-state index contributed by atoms with van der Waals surface area (Å²) in [6, 6.07) is 4.12. The van der Waals surface area contributed by atoms with Crippen LogP contribution in [0.5, 0.6) is 5.75 Å². The third-order valence-electron chi connectivity index (χ3n) is 4.69. The molecule has 2 atom stereocenters. The summed E-state index contributed by atoms with van der Waals surface area (Å²) in [6.45, 7) is 9.91. The molecule has 0 spiro atoms. The van der Waals surface area contributed by atoms with Crippen LogP contribution < -0.4 is 11.1 Å². The van der Waals surface area contributed by atoms with Gasteiger partial charge in [0, 0.05) is 13.5 Å². The lowest BCUT2D eigenvalue weighted by atomic mass is 9.84. The number of amides is 2. The molecule has 0 heterocycles. The normalized spacial score (nSPS) is 14.2. The van der Waals surface area contributed by atoms with Gasteiger partial charge in [-0.05, 0) is 35.6 Å². The Morgan fingerprint density at radius 1 is 1.27 bits per heavy atom. The van der Waals surface area contributed by atoms with Gasteiger partial charge in [-0.3, -0.25) is 9.59 Å². The lowest BCUT2D eigenvalue weighted by Crippen LogP contribution is -2.54. The smallest absolute Gasteiger partial charge is 0.240 e. The first-order valence-corrected chi connectivity index (χ1v) is 8.95. The second-order valence-corrected chi connectivity index (χ2v) is 8.18. The number of aromatic hydroxyl groups is 1. The molecule has 0 fully saturated rings. The highest BCUT2D eigenvalue weighted by atomic mass is 16.3. The molecule has 0 radical (unpaired) electrons. The van der Waals surface area contributed by atoms with E-state index in [4.69, 9.17) is 5.73 Å². The highest BCUT2D eigenvalue weighted by Gasteiger charge is 2.31. The molecule has 1 rings (SSSR count). The molecule has 26 heavy (non-hydrogen) atoms. The zero-order valence-electron chi connectivity index (χ0n) is 17.0. The molecular weight excluding hydrogens is 330 g/mol. The quantitative estimate of drug-likeness (QED) is 0.688. The summed E-state index contributed by atoms with van der Waals surface area (Å²) in [5, 5.41) is 13.1. The van der Waals surface area contributed by atoms with Gasteiger partial charge in [-0.25, -0.2) is 0 Å². The van der Waals surface area contributed by atoms with Crippen molar-refractivity contribution in [3.8, 4) is 5.75 Å². The maximum Gasteiger partial charge on any atom is 0.240 e. The fraction of sp³-hybridized carbons (Fsp3) is 0.600. The van der Waals surface area contributed by atoms with Crippen LogP contribution in [0.2, 0.25) is 0 Å². The number of phenolic OH excluding ortho intramolecular Hbond substituents is 1. The van der Waals surface area contributed by atoms with Crippen molar-refractivity contribution in [2.24, 2.45) is 11.7 Å². The zero-order chi connectivity index (χ0) is 20.2. The number of rotatable bonds is 7. The number of hydrogen-bond acceptors (Lipinski definition) is 4. The summed E-state index contributed by atoms with van der Waals surface area (Å²) in [5.41, 5.74) is 7.00. The molecule has 0 bridgehead atoms. The number of benzene rings is 1. The van der Waals surface area contributed by atoms with Crippen LogP contribution in [0, 0.1) is 5.92 Å². The molecule has 6 nitrogen and oxygen atoms in total. The molecule has 6 heteroatoms. The Morgan fingerprint density at radius 3 is 2.27 bits per heavy atom. The largest absolute Gasteiger partial charge is 0.508 e. The van der Waals surface area contributed by atoms with Gasteiger partial charge in [-0.1, -0.05) is 46.8 Å². The number of phenols is 1. The van der Waals surface area contributed by atoms with Crippen LogP contribution in [0.1, 0.15) is 45.7 Å². The number of nitrogens with zero attached hydrogens (tertiary/aromatic N) is 1. The Bertz CT molecular complexity index is 650. The van der Waals surface area contributed by atoms with E-state index < -0.39 is 11.9 Å². The molecule has 146 valence electrons. The fourth-order valence-electron chi connectivity index (χ4n) is 3.08. The van der Waals surface area contributed by atoms with E-state index in [0.29, 0.717) is 6.42 Å². The van der Waals surface area contributed by atoms with Gasteiger partial charge >= 0.3 is 0 Å². The minimum absolute atomic E-state index is 0.0876. The van der Waals surface area contributed by atoms with Gasteiger partial charge in [0.25, 0.3) is 0 Å². The zero-order valence-corrected chi connectivity index (χ0v) is 17.0. The molecule has 2 amide bonds. The number of nitrogens with one attached hydrogen (secondary N) is 1. The molecule has 0 saturated carbocycles. The van der Waals surface area contributed by atoms with Gasteiger partial charge < -0.3 is 21.1 Å². The number of likely N-dealkylation sites (N-methyl/N-ethyl adjacent to an activating group) is 2. The molecule has 0 unspecified atom stereocenters.